The Labute approximate surface area is 332 Å². The summed E-state index contributed by atoms with van der Waals surface area (Å²) in [7, 11) is 0. The molecule has 2 saturated carbocycles. The van der Waals surface area contributed by atoms with Gasteiger partial charge in [0, 0.05) is 0 Å². The lowest BCUT2D eigenvalue weighted by Gasteiger charge is -2.55. The molecule has 298 valence electrons. The Morgan fingerprint density at radius 3 is 1.36 bits per heavy atom. The Balaban J connectivity index is 1.06. The second-order valence-corrected chi connectivity index (χ2v) is 18.9. The summed E-state index contributed by atoms with van der Waals surface area (Å²) in [5.41, 5.74) is 10.1. The summed E-state index contributed by atoms with van der Waals surface area (Å²) >= 11 is 0. The lowest BCUT2D eigenvalue weighted by molar-refractivity contribution is 0.0246. The van der Waals surface area contributed by atoms with Gasteiger partial charge in [-0.05, 0) is 170 Å². The molecule has 2 aromatic heterocycles. The summed E-state index contributed by atoms with van der Waals surface area (Å²) in [6, 6.07) is 10.4. The van der Waals surface area contributed by atoms with Crippen LogP contribution in [0.1, 0.15) is 151 Å². The first kappa shape index (κ1) is 39.8. The largest absolute Gasteiger partial charge is 0.472 e. The molecule has 2 heterocycles. The Morgan fingerprint density at radius 1 is 0.607 bits per heavy atom. The monoisotopic (exact) mass is 760 g/mol. The number of hydrogen-bond acceptors (Lipinski definition) is 8. The van der Waals surface area contributed by atoms with E-state index in [1.165, 1.54) is 35.1 Å². The van der Waals surface area contributed by atoms with E-state index < -0.39 is 11.9 Å². The van der Waals surface area contributed by atoms with Gasteiger partial charge >= 0.3 is 11.9 Å². The number of allylic oxidation sites excluding steroid dienone is 4. The minimum atomic E-state index is -0.564. The van der Waals surface area contributed by atoms with Crippen LogP contribution in [-0.4, -0.2) is 23.4 Å². The molecule has 0 radical (unpaired) electrons. The van der Waals surface area contributed by atoms with E-state index in [0.717, 1.165) is 86.8 Å². The standard InChI is InChI=1S/C48H60N2O6/c1-31-37(17-11-33-19-25-53-29-33)47(7)23-9-21-45(3,4)41(47)27-39(31)49-55-43(51)35-13-15-36(16-14-35)44(52)56-50-40-28-42-46(5,6)22-10-24-48(42,8)38(32(40)2)18-12-34-20-26-54-30-34/h13-16,19-20,25-26,29-30,41-42H,9-12,17-18,21-24,27-28H2,1-8H3/b49-39-,50-40-/t41-,42-,47+,48+/m0/s1. The lowest BCUT2D eigenvalue weighted by Crippen LogP contribution is -2.47. The highest BCUT2D eigenvalue weighted by Crippen LogP contribution is 2.61. The highest BCUT2D eigenvalue weighted by molar-refractivity contribution is 6.03. The molecule has 4 aliphatic rings. The minimum Gasteiger partial charge on any atom is -0.472 e. The number of oxime groups is 2. The molecule has 0 saturated heterocycles. The van der Waals surface area contributed by atoms with Gasteiger partial charge in [0.1, 0.15) is 0 Å². The van der Waals surface area contributed by atoms with Gasteiger partial charge in [-0.3, -0.25) is 0 Å². The molecule has 2 fully saturated rings. The molecule has 0 bridgehead atoms. The van der Waals surface area contributed by atoms with Gasteiger partial charge in [0.2, 0.25) is 0 Å². The summed E-state index contributed by atoms with van der Waals surface area (Å²) < 4.78 is 10.7. The Morgan fingerprint density at radius 2 is 1.00 bits per heavy atom. The third-order valence-electron chi connectivity index (χ3n) is 14.7. The minimum absolute atomic E-state index is 0.0653. The van der Waals surface area contributed by atoms with Crippen molar-refractivity contribution < 1.29 is 28.1 Å². The van der Waals surface area contributed by atoms with E-state index in [-0.39, 0.29) is 21.7 Å². The Hall–Kier alpha value is -4.46. The number of furan rings is 2. The molecule has 8 nitrogen and oxygen atoms in total. The van der Waals surface area contributed by atoms with Crippen molar-refractivity contribution in [2.75, 3.05) is 0 Å². The number of rotatable bonds is 10. The summed E-state index contributed by atoms with van der Waals surface area (Å²) in [6.07, 6.45) is 19.3. The second-order valence-electron chi connectivity index (χ2n) is 18.9. The van der Waals surface area contributed by atoms with Crippen LogP contribution >= 0.6 is 0 Å². The summed E-state index contributed by atoms with van der Waals surface area (Å²) in [5, 5.41) is 9.04. The molecule has 3 aromatic rings. The normalized spacial score (nSPS) is 28.6. The molecule has 0 unspecified atom stereocenters. The van der Waals surface area contributed by atoms with Crippen LogP contribution in [0.4, 0.5) is 0 Å². The van der Waals surface area contributed by atoms with Gasteiger partial charge in [-0.2, -0.15) is 0 Å². The van der Waals surface area contributed by atoms with Crippen molar-refractivity contribution in [3.05, 3.63) is 106 Å². The summed E-state index contributed by atoms with van der Waals surface area (Å²) in [4.78, 5) is 37.9. The fourth-order valence-electron chi connectivity index (χ4n) is 11.5. The van der Waals surface area contributed by atoms with E-state index in [0.29, 0.717) is 23.0 Å². The molecule has 0 aliphatic heterocycles. The van der Waals surface area contributed by atoms with E-state index in [4.69, 9.17) is 18.5 Å². The predicted molar refractivity (Wildman–Crippen MR) is 219 cm³/mol. The highest BCUT2D eigenvalue weighted by atomic mass is 16.7. The van der Waals surface area contributed by atoms with E-state index >= 15 is 0 Å². The van der Waals surface area contributed by atoms with Crippen molar-refractivity contribution in [3.8, 4) is 0 Å². The molecule has 8 heteroatoms. The van der Waals surface area contributed by atoms with Crippen molar-refractivity contribution in [2.45, 2.75) is 132 Å². The highest BCUT2D eigenvalue weighted by Gasteiger charge is 2.53. The van der Waals surface area contributed by atoms with E-state index in [1.807, 2.05) is 24.7 Å². The zero-order chi connectivity index (χ0) is 39.9. The van der Waals surface area contributed by atoms with Crippen molar-refractivity contribution in [1.82, 2.24) is 0 Å². The third-order valence-corrected chi connectivity index (χ3v) is 14.7. The fourth-order valence-corrected chi connectivity index (χ4v) is 11.5. The number of carbonyl (C=O) groups is 2. The van der Waals surface area contributed by atoms with Crippen LogP contribution in [0.5, 0.6) is 0 Å². The number of carbonyl (C=O) groups excluding carboxylic acids is 2. The van der Waals surface area contributed by atoms with Gasteiger partial charge in [-0.15, -0.1) is 0 Å². The van der Waals surface area contributed by atoms with Crippen LogP contribution in [0.3, 0.4) is 0 Å². The maximum absolute atomic E-state index is 13.3. The van der Waals surface area contributed by atoms with Crippen LogP contribution in [0, 0.1) is 33.5 Å². The molecule has 4 atom stereocenters. The van der Waals surface area contributed by atoms with Gasteiger partial charge in [0.15, 0.2) is 0 Å². The average Bonchev–Trinajstić information content (AvgIpc) is 3.88. The molecule has 0 N–H and O–H groups in total. The van der Waals surface area contributed by atoms with Gasteiger partial charge in [-0.25, -0.2) is 9.59 Å². The number of benzene rings is 1. The molecular weight excluding hydrogens is 701 g/mol. The maximum atomic E-state index is 13.3. The predicted octanol–water partition coefficient (Wildman–Crippen LogP) is 12.3. The van der Waals surface area contributed by atoms with E-state index in [9.17, 15) is 9.59 Å². The van der Waals surface area contributed by atoms with Crippen molar-refractivity contribution in [2.24, 2.45) is 43.8 Å². The summed E-state index contributed by atoms with van der Waals surface area (Å²) in [5.74, 6) is -0.354. The lowest BCUT2D eigenvalue weighted by atomic mass is 9.49. The first-order chi connectivity index (χ1) is 26.6. The van der Waals surface area contributed by atoms with Crippen LogP contribution in [0.25, 0.3) is 0 Å². The molecule has 0 amide bonds. The smallest absolute Gasteiger partial charge is 0.365 e. The van der Waals surface area contributed by atoms with Crippen molar-refractivity contribution in [1.29, 1.82) is 0 Å². The van der Waals surface area contributed by atoms with Crippen LogP contribution in [0.2, 0.25) is 0 Å². The van der Waals surface area contributed by atoms with Crippen LogP contribution in [0.15, 0.2) is 103 Å². The quantitative estimate of drug-likeness (QED) is 0.151. The Bertz CT molecular complexity index is 1900. The number of fused-ring (bicyclic) bond motifs is 2. The van der Waals surface area contributed by atoms with Crippen LogP contribution < -0.4 is 0 Å². The number of aryl methyl sites for hydroxylation is 2. The SMILES string of the molecule is CC1=C(CCc2ccoc2)[C@@]2(C)CCCC(C)(C)[C@@H]2C/C1=N/OC(=O)c1ccc(C(=O)O/N=C2/C[C@H]3C(C)(C)CCC[C@]3(C)C(CCc3ccoc3)=C2C)cc1. The van der Waals surface area contributed by atoms with Gasteiger partial charge < -0.3 is 18.5 Å². The second kappa shape index (κ2) is 15.5. The van der Waals surface area contributed by atoms with E-state index in [1.54, 1.807) is 36.8 Å². The first-order valence-electron chi connectivity index (χ1n) is 20.7. The third kappa shape index (κ3) is 7.65. The molecule has 7 rings (SSSR count). The zero-order valence-corrected chi connectivity index (χ0v) is 34.8. The van der Waals surface area contributed by atoms with Crippen molar-refractivity contribution in [3.63, 3.8) is 0 Å². The Kier molecular flexibility index (Phi) is 11.0. The molecule has 4 aliphatic carbocycles. The zero-order valence-electron chi connectivity index (χ0n) is 34.8. The van der Waals surface area contributed by atoms with Gasteiger partial charge in [0.25, 0.3) is 0 Å². The van der Waals surface area contributed by atoms with Crippen LogP contribution in [-0.2, 0) is 22.5 Å². The molecule has 1 aromatic carbocycles. The average molecular weight is 761 g/mol. The number of nitrogens with zero attached hydrogens (tertiary/aromatic N) is 2. The molecule has 56 heavy (non-hydrogen) atoms. The topological polar surface area (TPSA) is 104 Å². The van der Waals surface area contributed by atoms with E-state index in [2.05, 4.69) is 65.7 Å². The van der Waals surface area contributed by atoms with Gasteiger partial charge in [0.05, 0.1) is 47.6 Å². The van der Waals surface area contributed by atoms with Crippen molar-refractivity contribution >= 4 is 23.4 Å². The molecule has 0 spiro atoms. The fraction of sp³-hybridized carbons (Fsp3) is 0.542. The first-order valence-corrected chi connectivity index (χ1v) is 20.7. The van der Waals surface area contributed by atoms with Gasteiger partial charge in [-0.1, -0.05) is 75.8 Å². The maximum Gasteiger partial charge on any atom is 0.365 e. The number of hydrogen-bond donors (Lipinski definition) is 0. The molecular formula is C48H60N2O6. The summed E-state index contributed by atoms with van der Waals surface area (Å²) in [6.45, 7) is 18.6.